The lowest BCUT2D eigenvalue weighted by Crippen LogP contribution is -2.23. The normalized spacial score (nSPS) is 11.5. The molecule has 0 aliphatic carbocycles. The molecule has 122 valence electrons. The summed E-state index contributed by atoms with van der Waals surface area (Å²) in [6.45, 7) is 3.75. The first-order valence-corrected chi connectivity index (χ1v) is 7.74. The molecular weight excluding hydrogens is 282 g/mol. The molecule has 5 nitrogen and oxygen atoms in total. The maximum Gasteiger partial charge on any atom is 0.305 e. The van der Waals surface area contributed by atoms with E-state index in [0.29, 0.717) is 6.42 Å². The molecule has 0 atom stereocenters. The highest BCUT2D eigenvalue weighted by atomic mass is 16.5. The summed E-state index contributed by atoms with van der Waals surface area (Å²) in [7, 11) is 1.42. The van der Waals surface area contributed by atoms with Gasteiger partial charge in [0.05, 0.1) is 18.4 Å². The third-order valence-electron chi connectivity index (χ3n) is 3.17. The van der Waals surface area contributed by atoms with Crippen LogP contribution in [0.4, 0.5) is 5.69 Å². The average Bonchev–Trinajstić information content (AvgIpc) is 2.53. The van der Waals surface area contributed by atoms with Crippen LogP contribution in [0.1, 0.15) is 49.4 Å². The van der Waals surface area contributed by atoms with Crippen LogP contribution >= 0.6 is 0 Å². The molecule has 1 aliphatic rings. The molecule has 22 heavy (non-hydrogen) atoms. The number of carbonyl (C=O) groups is 2. The molecule has 0 saturated carbocycles. The second kappa shape index (κ2) is 10.8. The topological polar surface area (TPSA) is 64.6 Å². The van der Waals surface area contributed by atoms with Crippen molar-refractivity contribution in [1.82, 2.24) is 0 Å². The highest BCUT2D eigenvalue weighted by Gasteiger charge is 2.19. The summed E-state index contributed by atoms with van der Waals surface area (Å²) in [5, 5.41) is 2.65. The Balaban J connectivity index is 0.000000231. The van der Waals surface area contributed by atoms with E-state index in [1.54, 1.807) is 0 Å². The number of ether oxygens (including phenoxy) is 2. The van der Waals surface area contributed by atoms with Crippen molar-refractivity contribution >= 4 is 17.6 Å². The molecule has 0 saturated heterocycles. The van der Waals surface area contributed by atoms with Crippen molar-refractivity contribution in [1.29, 1.82) is 0 Å². The molecule has 0 unspecified atom stereocenters. The number of benzene rings is 1. The predicted molar refractivity (Wildman–Crippen MR) is 86.0 cm³/mol. The number of carbonyl (C=O) groups excluding carboxylic acids is 2. The first-order valence-electron chi connectivity index (χ1n) is 7.74. The molecule has 1 aliphatic heterocycles. The summed E-state index contributed by atoms with van der Waals surface area (Å²) in [4.78, 5) is 21.3. The standard InChI is InChI=1S/C10H20O3.C7H5NO/c1-3-8-13-9-6-4-5-7-10(11)12-2;9-7-5-3-1-2-4-6(5)8-7/h3-9H2,1-2H3;1-4H,(H,8,9). The van der Waals surface area contributed by atoms with Crippen molar-refractivity contribution in [3.63, 3.8) is 0 Å². The first-order chi connectivity index (χ1) is 10.7. The minimum absolute atomic E-state index is 0.0330. The Hall–Kier alpha value is -1.88. The first kappa shape index (κ1) is 18.2. The molecule has 1 N–H and O–H groups in total. The zero-order valence-electron chi connectivity index (χ0n) is 13.4. The number of methoxy groups -OCH3 is 1. The minimum atomic E-state index is -0.116. The fraction of sp³-hybridized carbons (Fsp3) is 0.529. The minimum Gasteiger partial charge on any atom is -0.469 e. The van der Waals surface area contributed by atoms with Gasteiger partial charge in [0.1, 0.15) is 0 Å². The molecule has 0 radical (unpaired) electrons. The number of fused-ring (bicyclic) bond motifs is 1. The highest BCUT2D eigenvalue weighted by molar-refractivity contribution is 6.17. The maximum absolute atomic E-state index is 10.7. The number of anilines is 1. The second-order valence-electron chi connectivity index (χ2n) is 5.00. The van der Waals surface area contributed by atoms with Crippen LogP contribution in [0.2, 0.25) is 0 Å². The van der Waals surface area contributed by atoms with E-state index in [1.807, 2.05) is 24.3 Å². The van der Waals surface area contributed by atoms with Gasteiger partial charge in [0.25, 0.3) is 5.91 Å². The molecule has 0 fully saturated rings. The van der Waals surface area contributed by atoms with Gasteiger partial charge in [-0.1, -0.05) is 25.5 Å². The highest BCUT2D eigenvalue weighted by Crippen LogP contribution is 2.23. The molecule has 1 amide bonds. The van der Waals surface area contributed by atoms with Gasteiger partial charge in [-0.15, -0.1) is 0 Å². The number of hydrogen-bond acceptors (Lipinski definition) is 4. The molecule has 0 spiro atoms. The number of rotatable bonds is 8. The Labute approximate surface area is 132 Å². The van der Waals surface area contributed by atoms with Gasteiger partial charge in [-0.2, -0.15) is 0 Å². The lowest BCUT2D eigenvalue weighted by atomic mass is 10.1. The van der Waals surface area contributed by atoms with Crippen LogP contribution in [-0.2, 0) is 14.3 Å². The van der Waals surface area contributed by atoms with E-state index >= 15 is 0 Å². The Morgan fingerprint density at radius 1 is 1.14 bits per heavy atom. The lowest BCUT2D eigenvalue weighted by molar-refractivity contribution is -0.140. The largest absolute Gasteiger partial charge is 0.469 e. The number of esters is 1. The molecule has 1 heterocycles. The van der Waals surface area contributed by atoms with E-state index < -0.39 is 0 Å². The fourth-order valence-electron chi connectivity index (χ4n) is 1.92. The molecule has 5 heteroatoms. The van der Waals surface area contributed by atoms with Crippen LogP contribution in [0.15, 0.2) is 24.3 Å². The summed E-state index contributed by atoms with van der Waals surface area (Å²) in [5.74, 6) is -0.0833. The number of unbranched alkanes of at least 4 members (excludes halogenated alkanes) is 2. The summed E-state index contributed by atoms with van der Waals surface area (Å²) < 4.78 is 9.83. The predicted octanol–water partition coefficient (Wildman–Crippen LogP) is 3.40. The van der Waals surface area contributed by atoms with Crippen molar-refractivity contribution in [3.05, 3.63) is 29.8 Å². The molecule has 2 rings (SSSR count). The van der Waals surface area contributed by atoms with E-state index in [0.717, 1.165) is 50.1 Å². The van der Waals surface area contributed by atoms with E-state index in [4.69, 9.17) is 4.74 Å². The number of para-hydroxylation sites is 1. The summed E-state index contributed by atoms with van der Waals surface area (Å²) in [5.41, 5.74) is 1.75. The van der Waals surface area contributed by atoms with Gasteiger partial charge < -0.3 is 14.8 Å². The van der Waals surface area contributed by atoms with E-state index in [1.165, 1.54) is 7.11 Å². The third-order valence-corrected chi connectivity index (χ3v) is 3.17. The molecule has 0 aromatic heterocycles. The smallest absolute Gasteiger partial charge is 0.305 e. The molecule has 1 aromatic carbocycles. The van der Waals surface area contributed by atoms with Crippen LogP contribution in [0.25, 0.3) is 0 Å². The Kier molecular flexibility index (Phi) is 8.91. The Morgan fingerprint density at radius 3 is 2.50 bits per heavy atom. The molecule has 0 bridgehead atoms. The van der Waals surface area contributed by atoms with Crippen LogP contribution in [0.3, 0.4) is 0 Å². The van der Waals surface area contributed by atoms with Gasteiger partial charge in [0, 0.05) is 19.6 Å². The van der Waals surface area contributed by atoms with E-state index in [-0.39, 0.29) is 11.9 Å². The summed E-state index contributed by atoms with van der Waals surface area (Å²) in [6.07, 6.45) is 4.59. The molecular formula is C17H25NO4. The third kappa shape index (κ3) is 6.72. The zero-order valence-corrected chi connectivity index (χ0v) is 13.4. The van der Waals surface area contributed by atoms with Crippen molar-refractivity contribution in [2.75, 3.05) is 25.6 Å². The zero-order chi connectivity index (χ0) is 16.2. The van der Waals surface area contributed by atoms with Gasteiger partial charge in [-0.25, -0.2) is 0 Å². The fourth-order valence-corrected chi connectivity index (χ4v) is 1.92. The van der Waals surface area contributed by atoms with E-state index in [2.05, 4.69) is 17.0 Å². The monoisotopic (exact) mass is 307 g/mol. The lowest BCUT2D eigenvalue weighted by Gasteiger charge is -2.17. The maximum atomic E-state index is 10.7. The van der Waals surface area contributed by atoms with Crippen LogP contribution in [0.5, 0.6) is 0 Å². The van der Waals surface area contributed by atoms with Crippen LogP contribution in [-0.4, -0.2) is 32.2 Å². The second-order valence-corrected chi connectivity index (χ2v) is 5.00. The van der Waals surface area contributed by atoms with Crippen molar-refractivity contribution in [2.45, 2.75) is 39.0 Å². The van der Waals surface area contributed by atoms with Gasteiger partial charge in [0.2, 0.25) is 0 Å². The summed E-state index contributed by atoms with van der Waals surface area (Å²) in [6, 6.07) is 7.46. The van der Waals surface area contributed by atoms with Crippen molar-refractivity contribution < 1.29 is 19.1 Å². The number of nitrogens with one attached hydrogen (secondary N) is 1. The van der Waals surface area contributed by atoms with E-state index in [9.17, 15) is 9.59 Å². The number of hydrogen-bond donors (Lipinski definition) is 1. The average molecular weight is 307 g/mol. The van der Waals surface area contributed by atoms with Gasteiger partial charge in [0.15, 0.2) is 0 Å². The summed E-state index contributed by atoms with van der Waals surface area (Å²) >= 11 is 0. The number of amides is 1. The quantitative estimate of drug-likeness (QED) is 0.590. The van der Waals surface area contributed by atoms with Crippen molar-refractivity contribution in [2.24, 2.45) is 0 Å². The SMILES string of the molecule is CCCOCCCCCC(=O)OC.O=C1Nc2ccccc21. The Bertz CT molecular complexity index is 473. The van der Waals surface area contributed by atoms with Crippen molar-refractivity contribution in [3.8, 4) is 0 Å². The van der Waals surface area contributed by atoms with Gasteiger partial charge in [-0.05, 0) is 31.4 Å². The van der Waals surface area contributed by atoms with Gasteiger partial charge >= 0.3 is 5.97 Å². The van der Waals surface area contributed by atoms with Gasteiger partial charge in [-0.3, -0.25) is 9.59 Å². The van der Waals surface area contributed by atoms with Crippen LogP contribution < -0.4 is 5.32 Å². The Morgan fingerprint density at radius 2 is 1.91 bits per heavy atom. The van der Waals surface area contributed by atoms with Crippen LogP contribution in [0, 0.1) is 0 Å². The molecule has 1 aromatic rings.